The molecule has 0 aliphatic carbocycles. The maximum atomic E-state index is 13.8. The van der Waals surface area contributed by atoms with Crippen LogP contribution < -0.4 is 15.0 Å². The van der Waals surface area contributed by atoms with E-state index in [9.17, 15) is 9.18 Å². The molecule has 1 fully saturated rings. The highest BCUT2D eigenvalue weighted by atomic mass is 19.1. The zero-order valence-electron chi connectivity index (χ0n) is 14.1. The minimum atomic E-state index is -0.477. The molecule has 1 aliphatic heterocycles. The zero-order chi connectivity index (χ0) is 18.1. The average molecular weight is 352 g/mol. The average Bonchev–Trinajstić information content (AvgIpc) is 2.59. The van der Waals surface area contributed by atoms with E-state index in [1.54, 1.807) is 6.07 Å². The second-order valence-corrected chi connectivity index (χ2v) is 6.22. The summed E-state index contributed by atoms with van der Waals surface area (Å²) in [5.41, 5.74) is 1.30. The highest BCUT2D eigenvalue weighted by molar-refractivity contribution is 5.84. The van der Waals surface area contributed by atoms with Crippen LogP contribution in [-0.4, -0.2) is 35.0 Å². The highest BCUT2D eigenvalue weighted by Gasteiger charge is 2.27. The Bertz CT molecular complexity index is 955. The van der Waals surface area contributed by atoms with Crippen LogP contribution in [0, 0.1) is 5.82 Å². The van der Waals surface area contributed by atoms with Crippen LogP contribution in [0.5, 0.6) is 11.5 Å². The molecule has 1 N–H and O–H groups in total. The number of pyridine rings is 2. The molecule has 6 nitrogen and oxygen atoms in total. The number of ether oxygens (including phenoxy) is 1. The summed E-state index contributed by atoms with van der Waals surface area (Å²) in [7, 11) is 0. The smallest absolute Gasteiger partial charge is 0.217 e. The molecule has 3 heterocycles. The van der Waals surface area contributed by atoms with Crippen molar-refractivity contribution in [2.45, 2.75) is 13.0 Å². The third kappa shape index (κ3) is 3.15. The molecular weight excluding hydrogens is 335 g/mol. The van der Waals surface area contributed by atoms with E-state index in [-0.39, 0.29) is 17.5 Å². The van der Waals surface area contributed by atoms with Crippen LogP contribution in [0.15, 0.2) is 48.9 Å². The third-order valence-corrected chi connectivity index (χ3v) is 4.29. The number of carbonyl (C=O) groups is 1. The minimum Gasteiger partial charge on any atom is -0.457 e. The van der Waals surface area contributed by atoms with Crippen molar-refractivity contribution >= 4 is 22.5 Å². The number of amides is 1. The van der Waals surface area contributed by atoms with Gasteiger partial charge in [0.15, 0.2) is 5.82 Å². The fourth-order valence-electron chi connectivity index (χ4n) is 3.02. The Kier molecular flexibility index (Phi) is 4.12. The van der Waals surface area contributed by atoms with E-state index in [0.717, 1.165) is 25.0 Å². The minimum absolute atomic E-state index is 0.00565. The molecule has 0 spiro atoms. The number of fused-ring (bicyclic) bond motifs is 1. The van der Waals surface area contributed by atoms with Crippen LogP contribution >= 0.6 is 0 Å². The van der Waals surface area contributed by atoms with Gasteiger partial charge in [-0.15, -0.1) is 0 Å². The van der Waals surface area contributed by atoms with Crippen molar-refractivity contribution in [1.29, 1.82) is 0 Å². The second-order valence-electron chi connectivity index (χ2n) is 6.22. The Morgan fingerprint density at radius 1 is 1.23 bits per heavy atom. The van der Waals surface area contributed by atoms with Gasteiger partial charge in [0.05, 0.1) is 17.6 Å². The highest BCUT2D eigenvalue weighted by Crippen LogP contribution is 2.31. The van der Waals surface area contributed by atoms with Crippen molar-refractivity contribution in [1.82, 2.24) is 15.3 Å². The first kappa shape index (κ1) is 16.3. The van der Waals surface area contributed by atoms with E-state index in [1.807, 2.05) is 24.3 Å². The molecule has 1 aliphatic rings. The largest absolute Gasteiger partial charge is 0.457 e. The van der Waals surface area contributed by atoms with Gasteiger partial charge in [-0.1, -0.05) is 0 Å². The van der Waals surface area contributed by atoms with Crippen LogP contribution in [-0.2, 0) is 4.79 Å². The Hall–Kier alpha value is -3.22. The SMILES string of the molecule is CC(=O)NC1CN(c2ccc(Oc3ccnc4c(F)cncc34)cc2)C1. The van der Waals surface area contributed by atoms with Crippen molar-refractivity contribution in [2.24, 2.45) is 0 Å². The fourth-order valence-corrected chi connectivity index (χ4v) is 3.02. The van der Waals surface area contributed by atoms with Gasteiger partial charge in [0, 0.05) is 38.1 Å². The lowest BCUT2D eigenvalue weighted by atomic mass is 10.1. The maximum absolute atomic E-state index is 13.8. The maximum Gasteiger partial charge on any atom is 0.217 e. The zero-order valence-corrected chi connectivity index (χ0v) is 14.1. The number of nitrogens with zero attached hydrogens (tertiary/aromatic N) is 3. The van der Waals surface area contributed by atoms with Gasteiger partial charge < -0.3 is 15.0 Å². The number of halogens is 1. The van der Waals surface area contributed by atoms with Crippen LogP contribution in [0.2, 0.25) is 0 Å². The summed E-state index contributed by atoms with van der Waals surface area (Å²) in [6, 6.07) is 9.53. The Balaban J connectivity index is 1.47. The van der Waals surface area contributed by atoms with Crippen molar-refractivity contribution in [3.05, 3.63) is 54.7 Å². The van der Waals surface area contributed by atoms with E-state index in [4.69, 9.17) is 4.74 Å². The molecule has 26 heavy (non-hydrogen) atoms. The number of hydrogen-bond acceptors (Lipinski definition) is 5. The summed E-state index contributed by atoms with van der Waals surface area (Å²) in [5.74, 6) is 0.664. The van der Waals surface area contributed by atoms with Gasteiger partial charge in [-0.2, -0.15) is 0 Å². The molecule has 1 saturated heterocycles. The second kappa shape index (κ2) is 6.59. The number of rotatable bonds is 4. The summed E-state index contributed by atoms with van der Waals surface area (Å²) in [6.07, 6.45) is 4.18. The van der Waals surface area contributed by atoms with Gasteiger partial charge in [0.2, 0.25) is 5.91 Å². The number of anilines is 1. The number of hydrogen-bond donors (Lipinski definition) is 1. The van der Waals surface area contributed by atoms with Crippen LogP contribution in [0.1, 0.15) is 6.92 Å². The topological polar surface area (TPSA) is 67.4 Å². The first-order chi connectivity index (χ1) is 12.6. The van der Waals surface area contributed by atoms with Gasteiger partial charge >= 0.3 is 0 Å². The molecule has 1 aromatic carbocycles. The molecule has 3 aromatic rings. The summed E-state index contributed by atoms with van der Waals surface area (Å²) >= 11 is 0. The molecule has 0 saturated carbocycles. The van der Waals surface area contributed by atoms with Crippen LogP contribution in [0.25, 0.3) is 10.9 Å². The van der Waals surface area contributed by atoms with E-state index >= 15 is 0 Å². The molecule has 7 heteroatoms. The molecule has 1 amide bonds. The fraction of sp³-hybridized carbons (Fsp3) is 0.211. The summed E-state index contributed by atoms with van der Waals surface area (Å²) in [6.45, 7) is 3.11. The monoisotopic (exact) mass is 352 g/mol. The van der Waals surface area contributed by atoms with Crippen LogP contribution in [0.3, 0.4) is 0 Å². The van der Waals surface area contributed by atoms with E-state index in [2.05, 4.69) is 20.2 Å². The summed E-state index contributed by atoms with van der Waals surface area (Å²) < 4.78 is 19.7. The number of nitrogens with one attached hydrogen (secondary N) is 1. The molecule has 2 aromatic heterocycles. The molecule has 0 radical (unpaired) electrons. The van der Waals surface area contributed by atoms with Crippen molar-refractivity contribution in [2.75, 3.05) is 18.0 Å². The predicted octanol–water partition coefficient (Wildman–Crippen LogP) is 2.89. The van der Waals surface area contributed by atoms with Gasteiger partial charge in [0.25, 0.3) is 0 Å². The molecular formula is C19H17FN4O2. The van der Waals surface area contributed by atoms with Gasteiger partial charge in [-0.3, -0.25) is 14.8 Å². The lowest BCUT2D eigenvalue weighted by Crippen LogP contribution is -2.59. The number of aromatic nitrogens is 2. The Morgan fingerprint density at radius 2 is 2.00 bits per heavy atom. The lowest BCUT2D eigenvalue weighted by Gasteiger charge is -2.41. The van der Waals surface area contributed by atoms with E-state index in [1.165, 1.54) is 19.3 Å². The number of carbonyl (C=O) groups excluding carboxylic acids is 1. The quantitative estimate of drug-likeness (QED) is 0.782. The van der Waals surface area contributed by atoms with Gasteiger partial charge in [0.1, 0.15) is 17.0 Å². The van der Waals surface area contributed by atoms with Crippen molar-refractivity contribution in [3.63, 3.8) is 0 Å². The van der Waals surface area contributed by atoms with Crippen molar-refractivity contribution in [3.8, 4) is 11.5 Å². The summed E-state index contributed by atoms with van der Waals surface area (Å²) in [5, 5.41) is 3.42. The molecule has 0 atom stereocenters. The molecule has 4 rings (SSSR count). The molecule has 132 valence electrons. The Labute approximate surface area is 149 Å². The molecule has 0 bridgehead atoms. The predicted molar refractivity (Wildman–Crippen MR) is 95.8 cm³/mol. The number of benzene rings is 1. The summed E-state index contributed by atoms with van der Waals surface area (Å²) in [4.78, 5) is 21.1. The third-order valence-electron chi connectivity index (χ3n) is 4.29. The van der Waals surface area contributed by atoms with Crippen LogP contribution in [0.4, 0.5) is 10.1 Å². The van der Waals surface area contributed by atoms with Crippen molar-refractivity contribution < 1.29 is 13.9 Å². The first-order valence-electron chi connectivity index (χ1n) is 8.28. The van der Waals surface area contributed by atoms with E-state index in [0.29, 0.717) is 16.9 Å². The molecule has 0 unspecified atom stereocenters. The van der Waals surface area contributed by atoms with E-state index < -0.39 is 5.82 Å². The van der Waals surface area contributed by atoms with Gasteiger partial charge in [-0.05, 0) is 30.3 Å². The standard InChI is InChI=1S/C19H17FN4O2/c1-12(25)23-13-10-24(11-13)14-2-4-15(5-3-14)26-18-6-7-22-19-16(18)8-21-9-17(19)20/h2-9,13H,10-11H2,1H3,(H,23,25). The first-order valence-corrected chi connectivity index (χ1v) is 8.28. The normalized spacial score (nSPS) is 14.2. The lowest BCUT2D eigenvalue weighted by molar-refractivity contribution is -0.119. The van der Waals surface area contributed by atoms with Gasteiger partial charge in [-0.25, -0.2) is 4.39 Å². The Morgan fingerprint density at radius 3 is 2.73 bits per heavy atom.